The number of carbonyl (C=O) groups excluding carboxylic acids is 1. The molecule has 118 valence electrons. The summed E-state index contributed by atoms with van der Waals surface area (Å²) in [5.41, 5.74) is -2.16. The van der Waals surface area contributed by atoms with Gasteiger partial charge < -0.3 is 15.2 Å². The maximum atomic E-state index is 13.7. The Hall–Kier alpha value is -1.69. The molecule has 21 heavy (non-hydrogen) atoms. The average molecular weight is 301 g/mol. The van der Waals surface area contributed by atoms with E-state index in [0.717, 1.165) is 6.07 Å². The van der Waals surface area contributed by atoms with Crippen molar-refractivity contribution in [2.75, 3.05) is 0 Å². The first kappa shape index (κ1) is 17.4. The number of amides is 1. The van der Waals surface area contributed by atoms with Crippen molar-refractivity contribution < 1.29 is 23.4 Å². The molecule has 4 nitrogen and oxygen atoms in total. The van der Waals surface area contributed by atoms with Gasteiger partial charge >= 0.3 is 6.09 Å². The normalized spacial score (nSPS) is 13.7. The Bertz CT molecular complexity index is 524. The summed E-state index contributed by atoms with van der Waals surface area (Å²) in [6, 6.07) is 3.52. The second-order valence-corrected chi connectivity index (χ2v) is 6.39. The summed E-state index contributed by atoms with van der Waals surface area (Å²) >= 11 is 0. The molecule has 0 aliphatic carbocycles. The van der Waals surface area contributed by atoms with Gasteiger partial charge in [0.05, 0.1) is 5.54 Å². The van der Waals surface area contributed by atoms with Crippen LogP contribution in [0.5, 0.6) is 0 Å². The van der Waals surface area contributed by atoms with E-state index in [1.165, 1.54) is 26.0 Å². The van der Waals surface area contributed by atoms with Gasteiger partial charge in [-0.1, -0.05) is 12.1 Å². The zero-order chi connectivity index (χ0) is 16.4. The average Bonchev–Trinajstić information content (AvgIpc) is 2.28. The number of nitrogens with one attached hydrogen (secondary N) is 1. The van der Waals surface area contributed by atoms with Crippen LogP contribution in [0.1, 0.15) is 46.3 Å². The number of alkyl carbamates (subject to hydrolysis) is 1. The van der Waals surface area contributed by atoms with Crippen LogP contribution in [0.4, 0.5) is 13.6 Å². The third-order valence-electron chi connectivity index (χ3n) is 2.78. The van der Waals surface area contributed by atoms with E-state index in [1.807, 2.05) is 0 Å². The summed E-state index contributed by atoms with van der Waals surface area (Å²) in [6.45, 7) is 8.07. The lowest BCUT2D eigenvalue weighted by molar-refractivity contribution is 0.0282. The minimum absolute atomic E-state index is 0.226. The zero-order valence-corrected chi connectivity index (χ0v) is 12.8. The van der Waals surface area contributed by atoms with Crippen molar-refractivity contribution in [1.82, 2.24) is 5.32 Å². The van der Waals surface area contributed by atoms with Gasteiger partial charge in [-0.05, 0) is 40.7 Å². The zero-order valence-electron chi connectivity index (χ0n) is 12.8. The largest absolute Gasteiger partial charge is 0.444 e. The van der Waals surface area contributed by atoms with E-state index in [-0.39, 0.29) is 5.56 Å². The van der Waals surface area contributed by atoms with Crippen molar-refractivity contribution in [2.24, 2.45) is 0 Å². The lowest BCUT2D eigenvalue weighted by Crippen LogP contribution is -2.49. The Balaban J connectivity index is 2.91. The molecule has 1 atom stereocenters. The fraction of sp³-hybridized carbons (Fsp3) is 0.533. The van der Waals surface area contributed by atoms with Crippen LogP contribution in [0.15, 0.2) is 18.2 Å². The molecule has 0 bridgehead atoms. The predicted molar refractivity (Wildman–Crippen MR) is 74.8 cm³/mol. The number of rotatable bonds is 3. The summed E-state index contributed by atoms with van der Waals surface area (Å²) < 4.78 is 32.0. The van der Waals surface area contributed by atoms with Gasteiger partial charge in [-0.2, -0.15) is 0 Å². The Morgan fingerprint density at radius 1 is 1.24 bits per heavy atom. The van der Waals surface area contributed by atoms with Gasteiger partial charge in [-0.3, -0.25) is 0 Å². The summed E-state index contributed by atoms with van der Waals surface area (Å²) in [6.07, 6.45) is -2.18. The van der Waals surface area contributed by atoms with Crippen molar-refractivity contribution in [2.45, 2.75) is 51.9 Å². The summed E-state index contributed by atoms with van der Waals surface area (Å²) in [5.74, 6) is -2.19. The molecule has 2 N–H and O–H groups in total. The van der Waals surface area contributed by atoms with E-state index < -0.39 is 35.0 Å². The number of hydrogen-bond acceptors (Lipinski definition) is 3. The van der Waals surface area contributed by atoms with E-state index in [9.17, 15) is 18.7 Å². The van der Waals surface area contributed by atoms with Crippen molar-refractivity contribution in [1.29, 1.82) is 0 Å². The third-order valence-corrected chi connectivity index (χ3v) is 2.78. The lowest BCUT2D eigenvalue weighted by Gasteiger charge is -2.33. The number of carbonyl (C=O) groups is 1. The highest BCUT2D eigenvalue weighted by molar-refractivity contribution is 5.68. The molecular formula is C15H21F2NO3. The van der Waals surface area contributed by atoms with Crippen molar-refractivity contribution >= 4 is 6.09 Å². The molecule has 1 amide bonds. The molecule has 0 spiro atoms. The smallest absolute Gasteiger partial charge is 0.408 e. The van der Waals surface area contributed by atoms with E-state index in [1.54, 1.807) is 20.8 Å². The first-order chi connectivity index (χ1) is 9.44. The molecular weight excluding hydrogens is 280 g/mol. The summed E-state index contributed by atoms with van der Waals surface area (Å²) in [4.78, 5) is 11.7. The van der Waals surface area contributed by atoms with Gasteiger partial charge in [0, 0.05) is 5.56 Å². The summed E-state index contributed by atoms with van der Waals surface area (Å²) in [5, 5.41) is 12.7. The van der Waals surface area contributed by atoms with Crippen molar-refractivity contribution in [3.63, 3.8) is 0 Å². The van der Waals surface area contributed by atoms with E-state index in [2.05, 4.69) is 5.32 Å². The van der Waals surface area contributed by atoms with Crippen LogP contribution in [0.25, 0.3) is 0 Å². The van der Waals surface area contributed by atoms with E-state index in [0.29, 0.717) is 0 Å². The maximum Gasteiger partial charge on any atom is 0.408 e. The van der Waals surface area contributed by atoms with Gasteiger partial charge in [0.2, 0.25) is 0 Å². The highest BCUT2D eigenvalue weighted by Gasteiger charge is 2.34. The van der Waals surface area contributed by atoms with Crippen LogP contribution in [0, 0.1) is 11.6 Å². The summed E-state index contributed by atoms with van der Waals surface area (Å²) in [7, 11) is 0. The van der Waals surface area contributed by atoms with Gasteiger partial charge in [0.25, 0.3) is 0 Å². The first-order valence-corrected chi connectivity index (χ1v) is 6.57. The van der Waals surface area contributed by atoms with Crippen molar-refractivity contribution in [3.05, 3.63) is 35.4 Å². The molecule has 0 aromatic heterocycles. The van der Waals surface area contributed by atoms with Gasteiger partial charge in [-0.15, -0.1) is 0 Å². The molecule has 1 rings (SSSR count). The fourth-order valence-electron chi connectivity index (χ4n) is 1.76. The van der Waals surface area contributed by atoms with Crippen LogP contribution in [0.2, 0.25) is 0 Å². The van der Waals surface area contributed by atoms with Crippen LogP contribution in [0.3, 0.4) is 0 Å². The Kier molecular flexibility index (Phi) is 4.94. The minimum Gasteiger partial charge on any atom is -0.444 e. The Morgan fingerprint density at radius 3 is 2.33 bits per heavy atom. The van der Waals surface area contributed by atoms with Crippen LogP contribution in [-0.4, -0.2) is 22.3 Å². The second kappa shape index (κ2) is 5.97. The number of benzene rings is 1. The standard InChI is InChI=1S/C15H21F2NO3/c1-14(2,3)21-13(20)18-15(4,5)12(19)9-7-6-8-10(16)11(9)17/h6-8,12,19H,1-5H3,(H,18,20)/t12-/m1/s1. The van der Waals surface area contributed by atoms with E-state index in [4.69, 9.17) is 4.74 Å². The quantitative estimate of drug-likeness (QED) is 0.900. The number of halogens is 2. The lowest BCUT2D eigenvalue weighted by atomic mass is 9.91. The molecule has 0 unspecified atom stereocenters. The molecule has 1 aromatic rings. The monoisotopic (exact) mass is 301 g/mol. The maximum absolute atomic E-state index is 13.7. The predicted octanol–water partition coefficient (Wildman–Crippen LogP) is 3.30. The van der Waals surface area contributed by atoms with Gasteiger partial charge in [-0.25, -0.2) is 13.6 Å². The van der Waals surface area contributed by atoms with Crippen LogP contribution >= 0.6 is 0 Å². The molecule has 0 heterocycles. The molecule has 0 aliphatic rings. The van der Waals surface area contributed by atoms with Crippen LogP contribution < -0.4 is 5.32 Å². The van der Waals surface area contributed by atoms with Crippen LogP contribution in [-0.2, 0) is 4.74 Å². The molecule has 0 saturated heterocycles. The van der Waals surface area contributed by atoms with E-state index >= 15 is 0 Å². The highest BCUT2D eigenvalue weighted by atomic mass is 19.2. The number of aliphatic hydroxyl groups excluding tert-OH is 1. The van der Waals surface area contributed by atoms with Gasteiger partial charge in [0.1, 0.15) is 11.7 Å². The third kappa shape index (κ3) is 4.67. The molecule has 0 aliphatic heterocycles. The fourth-order valence-corrected chi connectivity index (χ4v) is 1.76. The highest BCUT2D eigenvalue weighted by Crippen LogP contribution is 2.28. The second-order valence-electron chi connectivity index (χ2n) is 6.39. The SMILES string of the molecule is CC(C)(C)OC(=O)NC(C)(C)[C@H](O)c1cccc(F)c1F. The minimum atomic E-state index is -1.43. The molecule has 0 fully saturated rings. The Morgan fingerprint density at radius 2 is 1.81 bits per heavy atom. The molecule has 0 saturated carbocycles. The first-order valence-electron chi connectivity index (χ1n) is 6.57. The topological polar surface area (TPSA) is 58.6 Å². The number of aliphatic hydroxyl groups is 1. The number of ether oxygens (including phenoxy) is 1. The Labute approximate surface area is 123 Å². The van der Waals surface area contributed by atoms with Crippen molar-refractivity contribution in [3.8, 4) is 0 Å². The van der Waals surface area contributed by atoms with Gasteiger partial charge in [0.15, 0.2) is 11.6 Å². The molecule has 6 heteroatoms. The molecule has 1 aromatic carbocycles. The molecule has 0 radical (unpaired) electrons. The number of hydrogen-bond donors (Lipinski definition) is 2.